The van der Waals surface area contributed by atoms with Gasteiger partial charge in [0.15, 0.2) is 0 Å². The van der Waals surface area contributed by atoms with Crippen LogP contribution in [-0.2, 0) is 0 Å². The van der Waals surface area contributed by atoms with Crippen LogP contribution in [0.3, 0.4) is 0 Å². The SMILES string of the molecule is FB(F)F.c1cncnc1. The number of rotatable bonds is 0. The van der Waals surface area contributed by atoms with E-state index in [0.717, 1.165) is 0 Å². The largest absolute Gasteiger partial charge is 0.762 e. The molecule has 0 bridgehead atoms. The number of hydrogen-bond donors (Lipinski definition) is 0. The van der Waals surface area contributed by atoms with Crippen molar-refractivity contribution >= 4 is 7.54 Å². The second-order valence-corrected chi connectivity index (χ2v) is 1.15. The van der Waals surface area contributed by atoms with E-state index >= 15 is 0 Å². The average Bonchev–Trinajstić information content (AvgIpc) is 1.90. The molecule has 0 amide bonds. The molecule has 0 fully saturated rings. The van der Waals surface area contributed by atoms with Crippen molar-refractivity contribution in [3.05, 3.63) is 24.8 Å². The standard InChI is InChI=1S/C4H4N2.BF3/c1-2-5-4-6-3-1;2-1(3)4/h1-4H;. The molecule has 1 aromatic heterocycles. The summed E-state index contributed by atoms with van der Waals surface area (Å²) in [6.07, 6.45) is 4.88. The van der Waals surface area contributed by atoms with E-state index in [1.54, 1.807) is 18.5 Å². The number of aromatic nitrogens is 2. The molecule has 0 saturated heterocycles. The highest BCUT2D eigenvalue weighted by Crippen LogP contribution is 1.80. The maximum atomic E-state index is 9.67. The van der Waals surface area contributed by atoms with E-state index in [1.807, 2.05) is 0 Å². The minimum absolute atomic E-state index is 1.50. The highest BCUT2D eigenvalue weighted by molar-refractivity contribution is 6.33. The van der Waals surface area contributed by atoms with Gasteiger partial charge in [0.1, 0.15) is 6.33 Å². The summed E-state index contributed by atoms with van der Waals surface area (Å²) in [7, 11) is -3.67. The normalized spacial score (nSPS) is 7.50. The first-order valence-electron chi connectivity index (χ1n) is 2.35. The van der Waals surface area contributed by atoms with E-state index in [4.69, 9.17) is 0 Å². The smallest absolute Gasteiger partial charge is 0.254 e. The Bertz CT molecular complexity index is 119. The van der Waals surface area contributed by atoms with Gasteiger partial charge in [-0.2, -0.15) is 0 Å². The van der Waals surface area contributed by atoms with Crippen LogP contribution in [0.5, 0.6) is 0 Å². The van der Waals surface area contributed by atoms with Gasteiger partial charge in [0.2, 0.25) is 0 Å². The summed E-state index contributed by atoms with van der Waals surface area (Å²) in [6.45, 7) is 0. The molecule has 0 spiro atoms. The molecule has 0 radical (unpaired) electrons. The summed E-state index contributed by atoms with van der Waals surface area (Å²) in [5.41, 5.74) is 0. The van der Waals surface area contributed by atoms with Crippen molar-refractivity contribution in [2.45, 2.75) is 0 Å². The van der Waals surface area contributed by atoms with E-state index in [-0.39, 0.29) is 0 Å². The summed E-state index contributed by atoms with van der Waals surface area (Å²) < 4.78 is 29.0. The van der Waals surface area contributed by atoms with Crippen LogP contribution >= 0.6 is 0 Å². The Balaban J connectivity index is 0.000000180. The van der Waals surface area contributed by atoms with Crippen molar-refractivity contribution in [2.75, 3.05) is 0 Å². The van der Waals surface area contributed by atoms with Crippen LogP contribution < -0.4 is 0 Å². The van der Waals surface area contributed by atoms with Crippen LogP contribution in [0, 0.1) is 0 Å². The van der Waals surface area contributed by atoms with Crippen LogP contribution in [0.25, 0.3) is 0 Å². The fourth-order valence-corrected chi connectivity index (χ4v) is 0.253. The van der Waals surface area contributed by atoms with Crippen molar-refractivity contribution in [1.29, 1.82) is 0 Å². The van der Waals surface area contributed by atoms with Crippen molar-refractivity contribution < 1.29 is 12.9 Å². The molecule has 0 aromatic carbocycles. The van der Waals surface area contributed by atoms with Gasteiger partial charge in [-0.05, 0) is 6.07 Å². The highest BCUT2D eigenvalue weighted by Gasteiger charge is 2.06. The first kappa shape index (κ1) is 8.93. The third-order valence-corrected chi connectivity index (χ3v) is 0.478. The van der Waals surface area contributed by atoms with E-state index < -0.39 is 7.54 Å². The molecular weight excluding hydrogens is 144 g/mol. The minimum atomic E-state index is -3.67. The van der Waals surface area contributed by atoms with Crippen LogP contribution in [0.2, 0.25) is 0 Å². The molecule has 10 heavy (non-hydrogen) atoms. The van der Waals surface area contributed by atoms with Crippen molar-refractivity contribution in [2.24, 2.45) is 0 Å². The molecule has 0 aliphatic carbocycles. The molecule has 6 heteroatoms. The third-order valence-electron chi connectivity index (χ3n) is 0.478. The van der Waals surface area contributed by atoms with Crippen molar-refractivity contribution in [1.82, 2.24) is 9.97 Å². The van der Waals surface area contributed by atoms with Gasteiger partial charge in [-0.1, -0.05) is 0 Å². The molecule has 1 heterocycles. The second kappa shape index (κ2) is 6.06. The monoisotopic (exact) mass is 148 g/mol. The molecule has 0 aliphatic heterocycles. The van der Waals surface area contributed by atoms with Crippen LogP contribution in [0.1, 0.15) is 0 Å². The Kier molecular flexibility index (Phi) is 5.42. The maximum Gasteiger partial charge on any atom is 0.762 e. The Morgan fingerprint density at radius 1 is 1.00 bits per heavy atom. The second-order valence-electron chi connectivity index (χ2n) is 1.15. The van der Waals surface area contributed by atoms with E-state index in [0.29, 0.717) is 0 Å². The summed E-state index contributed by atoms with van der Waals surface area (Å²) in [6, 6.07) is 1.78. The molecule has 0 N–H and O–H groups in total. The maximum absolute atomic E-state index is 9.67. The first-order valence-corrected chi connectivity index (χ1v) is 2.35. The lowest BCUT2D eigenvalue weighted by Crippen LogP contribution is -1.76. The Hall–Kier alpha value is -1.07. The summed E-state index contributed by atoms with van der Waals surface area (Å²) in [4.78, 5) is 7.35. The van der Waals surface area contributed by atoms with Gasteiger partial charge in [-0.15, -0.1) is 0 Å². The predicted molar refractivity (Wildman–Crippen MR) is 31.1 cm³/mol. The number of halogens is 3. The predicted octanol–water partition coefficient (Wildman–Crippen LogP) is 1.36. The summed E-state index contributed by atoms with van der Waals surface area (Å²) in [5, 5.41) is 0. The average molecular weight is 148 g/mol. The molecule has 0 atom stereocenters. The molecule has 2 nitrogen and oxygen atoms in total. The first-order chi connectivity index (χ1) is 4.73. The van der Waals surface area contributed by atoms with Gasteiger partial charge >= 0.3 is 7.54 Å². The van der Waals surface area contributed by atoms with Gasteiger partial charge in [-0.3, -0.25) is 12.9 Å². The summed E-state index contributed by atoms with van der Waals surface area (Å²) >= 11 is 0. The van der Waals surface area contributed by atoms with Gasteiger partial charge < -0.3 is 0 Å². The minimum Gasteiger partial charge on any atom is -0.254 e. The quantitative estimate of drug-likeness (QED) is 0.519. The van der Waals surface area contributed by atoms with Crippen LogP contribution in [0.4, 0.5) is 12.9 Å². The van der Waals surface area contributed by atoms with Crippen LogP contribution in [0.15, 0.2) is 24.8 Å². The number of nitrogens with zero attached hydrogens (tertiary/aromatic N) is 2. The fourth-order valence-electron chi connectivity index (χ4n) is 0.253. The lowest BCUT2D eigenvalue weighted by atomic mass is 10.5. The zero-order chi connectivity index (χ0) is 7.82. The van der Waals surface area contributed by atoms with Crippen LogP contribution in [-0.4, -0.2) is 17.5 Å². The third kappa shape index (κ3) is 10.0. The lowest BCUT2D eigenvalue weighted by Gasteiger charge is -1.70. The van der Waals surface area contributed by atoms with Gasteiger partial charge in [0, 0.05) is 12.4 Å². The fraction of sp³-hybridized carbons (Fsp3) is 0. The Morgan fingerprint density at radius 3 is 1.50 bits per heavy atom. The molecule has 54 valence electrons. The van der Waals surface area contributed by atoms with E-state index in [9.17, 15) is 12.9 Å². The van der Waals surface area contributed by atoms with Crippen molar-refractivity contribution in [3.8, 4) is 0 Å². The molecule has 0 unspecified atom stereocenters. The van der Waals surface area contributed by atoms with Gasteiger partial charge in [0.05, 0.1) is 0 Å². The van der Waals surface area contributed by atoms with E-state index in [2.05, 4.69) is 9.97 Å². The molecule has 1 rings (SSSR count). The highest BCUT2D eigenvalue weighted by atomic mass is 19.4. The van der Waals surface area contributed by atoms with Crippen molar-refractivity contribution in [3.63, 3.8) is 0 Å². The Labute approximate surface area is 56.3 Å². The Morgan fingerprint density at radius 2 is 1.40 bits per heavy atom. The zero-order valence-corrected chi connectivity index (χ0v) is 4.92. The van der Waals surface area contributed by atoms with E-state index in [1.165, 1.54) is 6.33 Å². The summed E-state index contributed by atoms with van der Waals surface area (Å²) in [5.74, 6) is 0. The molecule has 1 aromatic rings. The zero-order valence-electron chi connectivity index (χ0n) is 4.92. The van der Waals surface area contributed by atoms with Gasteiger partial charge in [0.25, 0.3) is 0 Å². The molecular formula is C4H4BF3N2. The number of hydrogen-bond acceptors (Lipinski definition) is 2. The van der Waals surface area contributed by atoms with Gasteiger partial charge in [-0.25, -0.2) is 9.97 Å². The lowest BCUT2D eigenvalue weighted by molar-refractivity contribution is 0.535. The topological polar surface area (TPSA) is 25.8 Å². The molecule has 0 saturated carbocycles. The molecule has 0 aliphatic rings.